The van der Waals surface area contributed by atoms with Crippen molar-refractivity contribution >= 4 is 5.69 Å². The quantitative estimate of drug-likeness (QED) is 0.164. The summed E-state index contributed by atoms with van der Waals surface area (Å²) in [5.41, 5.74) is 17.1. The molecule has 0 bridgehead atoms. The van der Waals surface area contributed by atoms with Crippen LogP contribution in [-0.4, -0.2) is 9.97 Å². The van der Waals surface area contributed by atoms with Crippen molar-refractivity contribution in [3.05, 3.63) is 198 Å². The molecule has 3 heteroatoms. The minimum atomic E-state index is -0.165. The third kappa shape index (κ3) is 5.81. The fourth-order valence-electron chi connectivity index (χ4n) is 7.68. The second kappa shape index (κ2) is 13.0. The molecule has 0 radical (unpaired) electrons. The smallest absolute Gasteiger partial charge is 0.195 e. The van der Waals surface area contributed by atoms with Gasteiger partial charge in [0.2, 0.25) is 0 Å². The van der Waals surface area contributed by atoms with Gasteiger partial charge in [-0.05, 0) is 73.8 Å². The molecule has 1 aromatic heterocycles. The summed E-state index contributed by atoms with van der Waals surface area (Å²) in [5.74, 6) is 0.702. The number of hydrogen-bond acceptors (Lipinski definition) is 2. The monoisotopic (exact) mass is 677 g/mol. The van der Waals surface area contributed by atoms with Gasteiger partial charge >= 0.3 is 0 Å². The SMILES string of the molecule is [C-]#[N+]c1cccc2c1-c1ccc(-c3ccc(-c4ccc(-c5cc(-c6cccc(-c7ccccc7)c6)nc(-c6ccccc6)n5)cc4)cc3)cc1C2(C)C. The lowest BCUT2D eigenvalue weighted by Crippen LogP contribution is -2.14. The maximum atomic E-state index is 7.74. The number of benzene rings is 7. The third-order valence-corrected chi connectivity index (χ3v) is 10.6. The van der Waals surface area contributed by atoms with Gasteiger partial charge in [0, 0.05) is 22.1 Å². The number of fused-ring (bicyclic) bond motifs is 3. The molecule has 1 aliphatic rings. The molecule has 250 valence electrons. The van der Waals surface area contributed by atoms with Crippen molar-refractivity contribution in [2.75, 3.05) is 0 Å². The van der Waals surface area contributed by atoms with E-state index in [0.717, 1.165) is 56.0 Å². The fraction of sp³-hybridized carbons (Fsp3) is 0.0600. The Bertz CT molecular complexity index is 2670. The van der Waals surface area contributed by atoms with E-state index in [9.17, 15) is 0 Å². The highest BCUT2D eigenvalue weighted by atomic mass is 14.9. The number of hydrogen-bond donors (Lipinski definition) is 0. The van der Waals surface area contributed by atoms with Crippen LogP contribution in [0.4, 0.5) is 5.69 Å². The van der Waals surface area contributed by atoms with Crippen LogP contribution in [0.25, 0.3) is 83.3 Å². The maximum absolute atomic E-state index is 7.74. The summed E-state index contributed by atoms with van der Waals surface area (Å²) in [6, 6.07) is 61.5. The summed E-state index contributed by atoms with van der Waals surface area (Å²) in [6.07, 6.45) is 0. The van der Waals surface area contributed by atoms with E-state index in [1.165, 1.54) is 33.4 Å². The van der Waals surface area contributed by atoms with Crippen molar-refractivity contribution in [3.63, 3.8) is 0 Å². The van der Waals surface area contributed by atoms with Crippen LogP contribution in [0.2, 0.25) is 0 Å². The molecule has 0 unspecified atom stereocenters. The second-order valence-electron chi connectivity index (χ2n) is 14.1. The second-order valence-corrected chi connectivity index (χ2v) is 14.1. The highest BCUT2D eigenvalue weighted by molar-refractivity contribution is 5.91. The zero-order valence-electron chi connectivity index (χ0n) is 29.6. The molecule has 0 saturated heterocycles. The van der Waals surface area contributed by atoms with Crippen LogP contribution in [-0.2, 0) is 5.41 Å². The first-order valence-corrected chi connectivity index (χ1v) is 17.9. The summed E-state index contributed by atoms with van der Waals surface area (Å²) in [5, 5.41) is 0. The fourth-order valence-corrected chi connectivity index (χ4v) is 7.68. The molecule has 1 heterocycles. The largest absolute Gasteiger partial charge is 0.238 e. The zero-order valence-corrected chi connectivity index (χ0v) is 29.6. The van der Waals surface area contributed by atoms with Gasteiger partial charge in [0.1, 0.15) is 0 Å². The van der Waals surface area contributed by atoms with Gasteiger partial charge in [0.15, 0.2) is 11.5 Å². The van der Waals surface area contributed by atoms with Crippen molar-refractivity contribution in [3.8, 4) is 78.4 Å². The molecule has 3 nitrogen and oxygen atoms in total. The molecule has 53 heavy (non-hydrogen) atoms. The molecule has 0 N–H and O–H groups in total. The van der Waals surface area contributed by atoms with Gasteiger partial charge in [-0.2, -0.15) is 0 Å². The Balaban J connectivity index is 1.02. The number of aromatic nitrogens is 2. The van der Waals surface area contributed by atoms with Gasteiger partial charge in [0.05, 0.1) is 18.0 Å². The predicted octanol–water partition coefficient (Wildman–Crippen LogP) is 13.3. The van der Waals surface area contributed by atoms with Crippen molar-refractivity contribution in [2.45, 2.75) is 19.3 Å². The predicted molar refractivity (Wildman–Crippen MR) is 218 cm³/mol. The molecule has 1 aliphatic carbocycles. The van der Waals surface area contributed by atoms with Crippen LogP contribution >= 0.6 is 0 Å². The molecule has 0 atom stereocenters. The summed E-state index contributed by atoms with van der Waals surface area (Å²) >= 11 is 0. The average molecular weight is 678 g/mol. The molecule has 0 aliphatic heterocycles. The van der Waals surface area contributed by atoms with Crippen molar-refractivity contribution < 1.29 is 0 Å². The van der Waals surface area contributed by atoms with Crippen molar-refractivity contribution in [1.29, 1.82) is 0 Å². The van der Waals surface area contributed by atoms with E-state index >= 15 is 0 Å². The molecule has 8 aromatic rings. The van der Waals surface area contributed by atoms with E-state index in [2.05, 4.69) is 158 Å². The summed E-state index contributed by atoms with van der Waals surface area (Å²) in [6.45, 7) is 12.3. The standard InChI is InChI=1S/C50H35N3/c1-50(2)43-18-11-19-45(51-3)48(43)42-29-28-40(31-44(42)50)36-22-20-34(21-23-36)35-24-26-37(27-25-35)46-32-47(53-49(52-46)38-14-8-5-9-15-38)41-17-10-16-39(30-41)33-12-6-4-7-13-33/h4-32H,1-2H3. The van der Waals surface area contributed by atoms with Gasteiger partial charge in [-0.3, -0.25) is 0 Å². The Morgan fingerprint density at radius 3 is 1.57 bits per heavy atom. The van der Waals surface area contributed by atoms with Crippen molar-refractivity contribution in [1.82, 2.24) is 9.97 Å². The first-order chi connectivity index (χ1) is 26.0. The Kier molecular flexibility index (Phi) is 7.87. The normalized spacial score (nSPS) is 12.5. The molecule has 9 rings (SSSR count). The Morgan fingerprint density at radius 1 is 0.415 bits per heavy atom. The molecule has 0 fully saturated rings. The van der Waals surface area contributed by atoms with Gasteiger partial charge in [-0.15, -0.1) is 0 Å². The van der Waals surface area contributed by atoms with E-state index in [4.69, 9.17) is 16.5 Å². The van der Waals surface area contributed by atoms with Crippen LogP contribution in [0.1, 0.15) is 25.0 Å². The van der Waals surface area contributed by atoms with E-state index < -0.39 is 0 Å². The Hall–Kier alpha value is -6.89. The van der Waals surface area contributed by atoms with Gasteiger partial charge in [-0.1, -0.05) is 172 Å². The molecule has 7 aromatic carbocycles. The van der Waals surface area contributed by atoms with Crippen LogP contribution < -0.4 is 0 Å². The van der Waals surface area contributed by atoms with Crippen molar-refractivity contribution in [2.24, 2.45) is 0 Å². The lowest BCUT2D eigenvalue weighted by molar-refractivity contribution is 0.661. The number of nitrogens with zero attached hydrogens (tertiary/aromatic N) is 3. The zero-order chi connectivity index (χ0) is 35.9. The van der Waals surface area contributed by atoms with Crippen LogP contribution in [0.5, 0.6) is 0 Å². The van der Waals surface area contributed by atoms with Gasteiger partial charge in [0.25, 0.3) is 0 Å². The Labute approximate surface area is 310 Å². The highest BCUT2D eigenvalue weighted by Gasteiger charge is 2.36. The first-order valence-electron chi connectivity index (χ1n) is 17.9. The molecular formula is C50H35N3. The van der Waals surface area contributed by atoms with E-state index in [1.807, 2.05) is 36.4 Å². The minimum absolute atomic E-state index is 0.165. The lowest BCUT2D eigenvalue weighted by atomic mass is 9.81. The van der Waals surface area contributed by atoms with Gasteiger partial charge in [-0.25, -0.2) is 14.8 Å². The Morgan fingerprint density at radius 2 is 0.906 bits per heavy atom. The highest BCUT2D eigenvalue weighted by Crippen LogP contribution is 2.53. The summed E-state index contributed by atoms with van der Waals surface area (Å²) in [7, 11) is 0. The average Bonchev–Trinajstić information content (AvgIpc) is 3.47. The third-order valence-electron chi connectivity index (χ3n) is 10.6. The van der Waals surface area contributed by atoms with Crippen LogP contribution in [0.15, 0.2) is 176 Å². The maximum Gasteiger partial charge on any atom is 0.195 e. The molecule has 0 amide bonds. The van der Waals surface area contributed by atoms with E-state index in [1.54, 1.807) is 0 Å². The van der Waals surface area contributed by atoms with E-state index in [-0.39, 0.29) is 5.41 Å². The first kappa shape index (κ1) is 32.0. The topological polar surface area (TPSA) is 30.1 Å². The van der Waals surface area contributed by atoms with Gasteiger partial charge < -0.3 is 0 Å². The van der Waals surface area contributed by atoms with Crippen LogP contribution in [0.3, 0.4) is 0 Å². The minimum Gasteiger partial charge on any atom is -0.238 e. The van der Waals surface area contributed by atoms with Crippen LogP contribution in [0, 0.1) is 6.57 Å². The summed E-state index contributed by atoms with van der Waals surface area (Å²) in [4.78, 5) is 14.0. The van der Waals surface area contributed by atoms with E-state index in [0.29, 0.717) is 5.82 Å². The molecular weight excluding hydrogens is 643 g/mol. The molecule has 0 saturated carbocycles. The number of rotatable bonds is 6. The molecule has 0 spiro atoms. The summed E-state index contributed by atoms with van der Waals surface area (Å²) < 4.78 is 0. The lowest BCUT2D eigenvalue weighted by Gasteiger charge is -2.22.